The Hall–Kier alpha value is -1.41. The maximum absolute atomic E-state index is 12.5. The predicted molar refractivity (Wildman–Crippen MR) is 92.2 cm³/mol. The number of aliphatic hydroxyl groups is 1. The van der Waals surface area contributed by atoms with Gasteiger partial charge in [0.15, 0.2) is 0 Å². The maximum Gasteiger partial charge on any atom is 0.491 e. The minimum absolute atomic E-state index is 0.0888. The Kier molecular flexibility index (Phi) is 5.70. The first-order valence-corrected chi connectivity index (χ1v) is 8.17. The summed E-state index contributed by atoms with van der Waals surface area (Å²) in [6, 6.07) is 6.76. The molecule has 0 bridgehead atoms. The second kappa shape index (κ2) is 7.23. The first kappa shape index (κ1) is 18.9. The summed E-state index contributed by atoms with van der Waals surface area (Å²) in [6.07, 6.45) is 0. The topological polar surface area (TPSA) is 79.2 Å². The van der Waals surface area contributed by atoms with E-state index in [4.69, 9.17) is 9.39 Å². The quantitative estimate of drug-likeness (QED) is 0.762. The molecule has 1 aliphatic rings. The number of morpholine rings is 1. The van der Waals surface area contributed by atoms with Crippen molar-refractivity contribution >= 4 is 18.5 Å². The average Bonchev–Trinajstić information content (AvgIpc) is 2.53. The Morgan fingerprint density at radius 3 is 2.46 bits per heavy atom. The Morgan fingerprint density at radius 1 is 1.25 bits per heavy atom. The molecule has 0 aliphatic carbocycles. The molecule has 1 aliphatic heterocycles. The van der Waals surface area contributed by atoms with Gasteiger partial charge in [0.25, 0.3) is 5.91 Å². The van der Waals surface area contributed by atoms with Crippen LogP contribution in [0.3, 0.4) is 0 Å². The fourth-order valence-corrected chi connectivity index (χ4v) is 2.27. The average molecular weight is 335 g/mol. The highest BCUT2D eigenvalue weighted by atomic mass is 16.5. The predicted octanol–water partition coefficient (Wildman–Crippen LogP) is 0.413. The van der Waals surface area contributed by atoms with Crippen LogP contribution in [-0.4, -0.2) is 65.6 Å². The molecular weight excluding hydrogens is 309 g/mol. The Bertz CT molecular complexity index is 579. The van der Waals surface area contributed by atoms with Crippen LogP contribution in [-0.2, 0) is 9.39 Å². The van der Waals surface area contributed by atoms with E-state index in [1.165, 1.54) is 0 Å². The molecule has 0 atom stereocenters. The lowest BCUT2D eigenvalue weighted by Gasteiger charge is -2.38. The molecule has 0 spiro atoms. The minimum Gasteiger partial charge on any atom is -0.423 e. The molecule has 132 valence electrons. The molecule has 2 rings (SSSR count). The highest BCUT2D eigenvalue weighted by Crippen LogP contribution is 2.25. The molecule has 7 heteroatoms. The summed E-state index contributed by atoms with van der Waals surface area (Å²) in [5.41, 5.74) is -1.11. The first-order chi connectivity index (χ1) is 11.1. The van der Waals surface area contributed by atoms with Crippen molar-refractivity contribution in [3.8, 4) is 0 Å². The van der Waals surface area contributed by atoms with E-state index in [1.807, 2.05) is 0 Å². The Balaban J connectivity index is 2.13. The summed E-state index contributed by atoms with van der Waals surface area (Å²) in [5.74, 6) is -0.0888. The number of ether oxygens (including phenoxy) is 1. The Labute approximate surface area is 143 Å². The van der Waals surface area contributed by atoms with E-state index < -0.39 is 18.3 Å². The molecule has 2 N–H and O–H groups in total. The number of carbonyl (C=O) groups excluding carboxylic acids is 1. The molecule has 1 aromatic carbocycles. The van der Waals surface area contributed by atoms with E-state index in [9.17, 15) is 14.9 Å². The van der Waals surface area contributed by atoms with E-state index in [0.717, 1.165) is 0 Å². The number of nitrogens with zero attached hydrogens (tertiary/aromatic N) is 1. The van der Waals surface area contributed by atoms with Gasteiger partial charge in [0.05, 0.1) is 24.4 Å². The molecule has 1 saturated heterocycles. The van der Waals surface area contributed by atoms with Crippen molar-refractivity contribution in [1.29, 1.82) is 0 Å². The third-order valence-electron chi connectivity index (χ3n) is 4.60. The lowest BCUT2D eigenvalue weighted by atomic mass is 9.76. The summed E-state index contributed by atoms with van der Waals surface area (Å²) < 4.78 is 10.9. The number of benzene rings is 1. The summed E-state index contributed by atoms with van der Waals surface area (Å²) in [4.78, 5) is 14.3. The van der Waals surface area contributed by atoms with Gasteiger partial charge in [-0.2, -0.15) is 0 Å². The third kappa shape index (κ3) is 4.36. The summed E-state index contributed by atoms with van der Waals surface area (Å²) in [6.45, 7) is 8.86. The van der Waals surface area contributed by atoms with Gasteiger partial charge in [0, 0.05) is 18.7 Å². The number of hydrogen-bond acceptors (Lipinski definition) is 5. The van der Waals surface area contributed by atoms with Gasteiger partial charge in [-0.05, 0) is 45.3 Å². The maximum atomic E-state index is 12.5. The van der Waals surface area contributed by atoms with Gasteiger partial charge in [-0.1, -0.05) is 12.1 Å². The standard InChI is InChI=1S/C17H26BNO5/c1-16(2,21)17(3,4)24-18(22)14-7-5-6-13(12-14)15(20)19-8-10-23-11-9-19/h5-7,12,21-22H,8-11H2,1-4H3. The van der Waals surface area contributed by atoms with Crippen LogP contribution in [0.25, 0.3) is 0 Å². The molecular formula is C17H26BNO5. The van der Waals surface area contributed by atoms with E-state index in [1.54, 1.807) is 56.9 Å². The lowest BCUT2D eigenvalue weighted by molar-refractivity contribution is -0.0982. The zero-order valence-corrected chi connectivity index (χ0v) is 14.8. The molecule has 6 nitrogen and oxygen atoms in total. The van der Waals surface area contributed by atoms with Gasteiger partial charge in [-0.3, -0.25) is 4.79 Å². The third-order valence-corrected chi connectivity index (χ3v) is 4.60. The van der Waals surface area contributed by atoms with Crippen LogP contribution in [0.4, 0.5) is 0 Å². The molecule has 0 unspecified atom stereocenters. The van der Waals surface area contributed by atoms with Gasteiger partial charge in [0.2, 0.25) is 0 Å². The molecule has 24 heavy (non-hydrogen) atoms. The largest absolute Gasteiger partial charge is 0.491 e. The summed E-state index contributed by atoms with van der Waals surface area (Å²) in [7, 11) is -1.23. The van der Waals surface area contributed by atoms with Gasteiger partial charge in [0.1, 0.15) is 0 Å². The van der Waals surface area contributed by atoms with Crippen molar-refractivity contribution in [3.05, 3.63) is 29.8 Å². The van der Waals surface area contributed by atoms with E-state index in [0.29, 0.717) is 37.3 Å². The summed E-state index contributed by atoms with van der Waals surface area (Å²) in [5, 5.41) is 20.5. The smallest absolute Gasteiger partial charge is 0.423 e. The van der Waals surface area contributed by atoms with E-state index in [2.05, 4.69) is 0 Å². The van der Waals surface area contributed by atoms with Crippen molar-refractivity contribution < 1.29 is 24.3 Å². The molecule has 0 radical (unpaired) electrons. The van der Waals surface area contributed by atoms with Gasteiger partial charge in [-0.25, -0.2) is 0 Å². The van der Waals surface area contributed by atoms with Crippen LogP contribution in [0.5, 0.6) is 0 Å². The molecule has 1 aromatic rings. The van der Waals surface area contributed by atoms with Crippen molar-refractivity contribution in [2.24, 2.45) is 0 Å². The van der Waals surface area contributed by atoms with Crippen LogP contribution in [0.2, 0.25) is 0 Å². The normalized spacial score (nSPS) is 16.2. The van der Waals surface area contributed by atoms with Crippen molar-refractivity contribution in [1.82, 2.24) is 4.90 Å². The zero-order valence-electron chi connectivity index (χ0n) is 14.8. The van der Waals surface area contributed by atoms with Gasteiger partial charge in [-0.15, -0.1) is 0 Å². The SMILES string of the molecule is CC(C)(O)C(C)(C)OB(O)c1cccc(C(=O)N2CCOCC2)c1. The number of hydrogen-bond donors (Lipinski definition) is 2. The van der Waals surface area contributed by atoms with Crippen LogP contribution >= 0.6 is 0 Å². The van der Waals surface area contributed by atoms with Crippen LogP contribution in [0.1, 0.15) is 38.1 Å². The molecule has 0 saturated carbocycles. The van der Waals surface area contributed by atoms with Gasteiger partial charge < -0.3 is 24.4 Å². The molecule has 0 aromatic heterocycles. The highest BCUT2D eigenvalue weighted by molar-refractivity contribution is 6.60. The van der Waals surface area contributed by atoms with Crippen molar-refractivity contribution in [2.45, 2.75) is 38.9 Å². The number of rotatable bonds is 5. The zero-order chi connectivity index (χ0) is 18.0. The van der Waals surface area contributed by atoms with Crippen LogP contribution in [0, 0.1) is 0 Å². The fraction of sp³-hybridized carbons (Fsp3) is 0.588. The highest BCUT2D eigenvalue weighted by Gasteiger charge is 2.39. The first-order valence-electron chi connectivity index (χ1n) is 8.17. The van der Waals surface area contributed by atoms with E-state index >= 15 is 0 Å². The molecule has 1 amide bonds. The second-order valence-corrected chi connectivity index (χ2v) is 7.07. The minimum atomic E-state index is -1.23. The van der Waals surface area contributed by atoms with Gasteiger partial charge >= 0.3 is 7.12 Å². The van der Waals surface area contributed by atoms with Crippen LogP contribution < -0.4 is 5.46 Å². The van der Waals surface area contributed by atoms with Crippen molar-refractivity contribution in [2.75, 3.05) is 26.3 Å². The lowest BCUT2D eigenvalue weighted by Crippen LogP contribution is -2.53. The molecule has 1 fully saturated rings. The number of carbonyl (C=O) groups is 1. The Morgan fingerprint density at radius 2 is 1.88 bits per heavy atom. The monoisotopic (exact) mass is 335 g/mol. The van der Waals surface area contributed by atoms with Crippen LogP contribution in [0.15, 0.2) is 24.3 Å². The number of amides is 1. The van der Waals surface area contributed by atoms with Crippen molar-refractivity contribution in [3.63, 3.8) is 0 Å². The summed E-state index contributed by atoms with van der Waals surface area (Å²) >= 11 is 0. The fourth-order valence-electron chi connectivity index (χ4n) is 2.27. The van der Waals surface area contributed by atoms with E-state index in [-0.39, 0.29) is 5.91 Å². The molecule has 1 heterocycles. The second-order valence-electron chi connectivity index (χ2n) is 7.07.